The summed E-state index contributed by atoms with van der Waals surface area (Å²) in [4.78, 5) is 33.4. The third-order valence-electron chi connectivity index (χ3n) is 8.97. The van der Waals surface area contributed by atoms with Crippen LogP contribution in [0, 0.1) is 29.2 Å². The molecule has 6 aromatic rings. The lowest BCUT2D eigenvalue weighted by Gasteiger charge is -2.25. The molecule has 0 radical (unpaired) electrons. The van der Waals surface area contributed by atoms with E-state index >= 15 is 0 Å². The van der Waals surface area contributed by atoms with Gasteiger partial charge in [0.05, 0.1) is 56.6 Å². The zero-order valence-electron chi connectivity index (χ0n) is 31.1. The van der Waals surface area contributed by atoms with Crippen molar-refractivity contribution in [3.05, 3.63) is 124 Å². The van der Waals surface area contributed by atoms with Crippen molar-refractivity contribution in [3.63, 3.8) is 0 Å². The van der Waals surface area contributed by atoms with E-state index in [9.17, 15) is 27.2 Å². The summed E-state index contributed by atoms with van der Waals surface area (Å²) in [6, 6.07) is 13.2. The minimum Gasteiger partial charge on any atom is -0.496 e. The average molecular weight is 807 g/mol. The summed E-state index contributed by atoms with van der Waals surface area (Å²) in [5.74, 6) is -2.32. The standard InChI is InChI=1S/C22H21F2N3O4.C18H14ClF2N3O2/c1-27-19(7-18(26-27)20(28)6-14-16(23)4-3-5-17(14)24)15-9-25-22(8-21(15)29-2)31-12-13-10-30-11-13;1-24-15(11-9-22-18(19)8-17(11)26-2)7-14(23-24)16(25)6-10-12(20)4-3-5-13(10)21/h3-5,7-9,13H,6,10-12H2,1-2H3;3-5,7-9H,6H2,1-2H3. The minimum atomic E-state index is -0.766. The van der Waals surface area contributed by atoms with E-state index in [0.717, 1.165) is 24.3 Å². The highest BCUT2D eigenvalue weighted by Gasteiger charge is 2.23. The van der Waals surface area contributed by atoms with Gasteiger partial charge in [-0.2, -0.15) is 10.2 Å². The summed E-state index contributed by atoms with van der Waals surface area (Å²) >= 11 is 5.86. The molecule has 12 nitrogen and oxygen atoms in total. The van der Waals surface area contributed by atoms with Gasteiger partial charge in [-0.05, 0) is 36.4 Å². The Morgan fingerprint density at radius 3 is 1.63 bits per heavy atom. The Labute approximate surface area is 328 Å². The van der Waals surface area contributed by atoms with E-state index in [1.165, 1.54) is 48.0 Å². The number of nitrogens with zero attached hydrogens (tertiary/aromatic N) is 6. The minimum absolute atomic E-state index is 0.0853. The van der Waals surface area contributed by atoms with Crippen LogP contribution < -0.4 is 14.2 Å². The van der Waals surface area contributed by atoms with E-state index in [4.69, 9.17) is 30.5 Å². The number of ether oxygens (including phenoxy) is 4. The molecular weight excluding hydrogens is 772 g/mol. The van der Waals surface area contributed by atoms with E-state index < -0.39 is 47.7 Å². The van der Waals surface area contributed by atoms with Gasteiger partial charge in [0.25, 0.3) is 0 Å². The second-order valence-electron chi connectivity index (χ2n) is 12.8. The highest BCUT2D eigenvalue weighted by molar-refractivity contribution is 6.29. The molecule has 0 aliphatic carbocycles. The van der Waals surface area contributed by atoms with Crippen LogP contribution in [0.2, 0.25) is 5.15 Å². The van der Waals surface area contributed by atoms with Gasteiger partial charge in [-0.3, -0.25) is 19.0 Å². The number of carbonyl (C=O) groups excluding carboxylic acids is 2. The molecule has 1 aliphatic heterocycles. The van der Waals surface area contributed by atoms with Gasteiger partial charge in [-0.25, -0.2) is 27.5 Å². The Balaban J connectivity index is 0.000000196. The van der Waals surface area contributed by atoms with Crippen LogP contribution in [0.5, 0.6) is 17.4 Å². The molecule has 57 heavy (non-hydrogen) atoms. The van der Waals surface area contributed by atoms with Crippen LogP contribution in [-0.2, 0) is 31.7 Å². The summed E-state index contributed by atoms with van der Waals surface area (Å²) in [5, 5.41) is 8.62. The molecule has 1 fully saturated rings. The fraction of sp³-hybridized carbons (Fsp3) is 0.250. The highest BCUT2D eigenvalue weighted by Crippen LogP contribution is 2.33. The second kappa shape index (κ2) is 17.8. The summed E-state index contributed by atoms with van der Waals surface area (Å²) in [5.41, 5.74) is 1.93. The molecule has 5 heterocycles. The average Bonchev–Trinajstić information content (AvgIpc) is 3.76. The van der Waals surface area contributed by atoms with Crippen molar-refractivity contribution >= 4 is 23.2 Å². The smallest absolute Gasteiger partial charge is 0.216 e. The first-order chi connectivity index (χ1) is 27.4. The van der Waals surface area contributed by atoms with Crippen LogP contribution in [0.4, 0.5) is 17.6 Å². The fourth-order valence-corrected chi connectivity index (χ4v) is 5.98. The Morgan fingerprint density at radius 2 is 1.19 bits per heavy atom. The maximum atomic E-state index is 13.9. The van der Waals surface area contributed by atoms with E-state index in [2.05, 4.69) is 20.2 Å². The highest BCUT2D eigenvalue weighted by atomic mass is 35.5. The topological polar surface area (TPSA) is 132 Å². The van der Waals surface area contributed by atoms with Crippen LogP contribution >= 0.6 is 11.6 Å². The van der Waals surface area contributed by atoms with Gasteiger partial charge >= 0.3 is 0 Å². The molecule has 1 saturated heterocycles. The van der Waals surface area contributed by atoms with Gasteiger partial charge in [0, 0.05) is 68.5 Å². The first-order valence-electron chi connectivity index (χ1n) is 17.3. The van der Waals surface area contributed by atoms with Crippen molar-refractivity contribution in [1.29, 1.82) is 0 Å². The molecule has 4 aromatic heterocycles. The molecule has 0 unspecified atom stereocenters. The number of rotatable bonds is 13. The van der Waals surface area contributed by atoms with Crippen molar-refractivity contribution in [1.82, 2.24) is 29.5 Å². The number of hydrogen-bond acceptors (Lipinski definition) is 10. The third-order valence-corrected chi connectivity index (χ3v) is 9.18. The van der Waals surface area contributed by atoms with Gasteiger partial charge in [-0.1, -0.05) is 23.7 Å². The summed E-state index contributed by atoms with van der Waals surface area (Å²) < 4.78 is 79.8. The molecule has 0 amide bonds. The number of pyridine rings is 2. The Morgan fingerprint density at radius 1 is 0.737 bits per heavy atom. The lowest BCUT2D eigenvalue weighted by molar-refractivity contribution is -0.0514. The Hall–Kier alpha value is -6.13. The molecule has 2 aromatic carbocycles. The predicted molar refractivity (Wildman–Crippen MR) is 200 cm³/mol. The largest absolute Gasteiger partial charge is 0.496 e. The van der Waals surface area contributed by atoms with Crippen molar-refractivity contribution in [2.45, 2.75) is 12.8 Å². The quantitative estimate of drug-likeness (QED) is 0.0679. The number of aryl methyl sites for hydroxylation is 2. The van der Waals surface area contributed by atoms with Crippen molar-refractivity contribution < 1.29 is 46.1 Å². The maximum Gasteiger partial charge on any atom is 0.216 e. The molecule has 7 rings (SSSR count). The van der Waals surface area contributed by atoms with Gasteiger partial charge in [0.1, 0.15) is 51.3 Å². The van der Waals surface area contributed by atoms with Crippen molar-refractivity contribution in [2.75, 3.05) is 34.0 Å². The molecule has 0 saturated carbocycles. The summed E-state index contributed by atoms with van der Waals surface area (Å²) in [7, 11) is 6.31. The molecule has 0 N–H and O–H groups in total. The normalized spacial score (nSPS) is 12.4. The van der Waals surface area contributed by atoms with Gasteiger partial charge < -0.3 is 18.9 Å². The first kappa shape index (κ1) is 40.5. The van der Waals surface area contributed by atoms with E-state index in [0.29, 0.717) is 65.6 Å². The number of halogens is 5. The van der Waals surface area contributed by atoms with E-state index in [1.54, 1.807) is 38.5 Å². The van der Waals surface area contributed by atoms with Crippen molar-refractivity contribution in [3.8, 4) is 39.9 Å². The Bertz CT molecular complexity index is 2400. The van der Waals surface area contributed by atoms with E-state index in [-0.39, 0.29) is 27.7 Å². The predicted octanol–water partition coefficient (Wildman–Crippen LogP) is 7.07. The zero-order chi connectivity index (χ0) is 40.8. The number of carbonyl (C=O) groups is 2. The van der Waals surface area contributed by atoms with Crippen molar-refractivity contribution in [2.24, 2.45) is 20.0 Å². The monoisotopic (exact) mass is 806 g/mol. The third kappa shape index (κ3) is 9.30. The number of Topliss-reactive ketones (excluding diaryl/α,β-unsaturated/α-hetero) is 2. The lowest BCUT2D eigenvalue weighted by atomic mass is 10.0. The van der Waals surface area contributed by atoms with Gasteiger partial charge in [-0.15, -0.1) is 0 Å². The SMILES string of the molecule is COc1cc(Cl)ncc1-c1cc(C(=O)Cc2c(F)cccc2F)nn1C.COc1cc(OCC2COC2)ncc1-c1cc(C(=O)Cc2c(F)cccc2F)nn1C. The number of ketones is 2. The molecule has 296 valence electrons. The van der Waals surface area contributed by atoms with Gasteiger partial charge in [0.2, 0.25) is 5.88 Å². The zero-order valence-corrected chi connectivity index (χ0v) is 31.8. The molecular formula is C40H35ClF4N6O6. The van der Waals surface area contributed by atoms with Crippen LogP contribution in [0.25, 0.3) is 22.5 Å². The molecule has 1 aliphatic rings. The molecule has 0 atom stereocenters. The first-order valence-corrected chi connectivity index (χ1v) is 17.7. The molecule has 0 spiro atoms. The molecule has 17 heteroatoms. The van der Waals surface area contributed by atoms with Gasteiger partial charge in [0.15, 0.2) is 11.6 Å². The van der Waals surface area contributed by atoms with Crippen LogP contribution in [0.3, 0.4) is 0 Å². The lowest BCUT2D eigenvalue weighted by Crippen LogP contribution is -2.32. The number of benzene rings is 2. The molecule has 0 bridgehead atoms. The van der Waals surface area contributed by atoms with E-state index in [1.807, 2.05) is 0 Å². The maximum absolute atomic E-state index is 13.9. The van der Waals surface area contributed by atoms with Crippen LogP contribution in [-0.4, -0.2) is 75.1 Å². The number of methoxy groups -OCH3 is 2. The number of aromatic nitrogens is 6. The van der Waals surface area contributed by atoms with Crippen LogP contribution in [0.15, 0.2) is 73.1 Å². The fourth-order valence-electron chi connectivity index (χ4n) is 5.83. The summed E-state index contributed by atoms with van der Waals surface area (Å²) in [6.45, 7) is 1.86. The summed E-state index contributed by atoms with van der Waals surface area (Å²) in [6.07, 6.45) is 2.23. The van der Waals surface area contributed by atoms with Crippen LogP contribution in [0.1, 0.15) is 32.1 Å². The number of hydrogen-bond donors (Lipinski definition) is 0. The Kier molecular flexibility index (Phi) is 12.6. The second-order valence-corrected chi connectivity index (χ2v) is 13.2.